The summed E-state index contributed by atoms with van der Waals surface area (Å²) in [6.45, 7) is 6.94. The van der Waals surface area contributed by atoms with E-state index in [4.69, 9.17) is 15.7 Å². The average molecular weight is 282 g/mol. The Morgan fingerprint density at radius 3 is 2.76 bits per heavy atom. The minimum Gasteiger partial charge on any atom is -0.330 e. The second-order valence-electron chi connectivity index (χ2n) is 6.08. The Balaban J connectivity index is 2.04. The molecule has 110 valence electrons. The molecule has 2 aromatic rings. The number of hydrogen-bond donors (Lipinski definition) is 1. The fraction of sp³-hybridized carbons (Fsp3) is 0.471. The molecule has 0 bridgehead atoms. The van der Waals surface area contributed by atoms with Crippen molar-refractivity contribution in [1.29, 1.82) is 0 Å². The number of hydrogen-bond acceptors (Lipinski definition) is 4. The van der Waals surface area contributed by atoms with E-state index in [1.807, 2.05) is 6.20 Å². The Kier molecular flexibility index (Phi) is 3.72. The molecule has 0 spiro atoms. The molecule has 1 aliphatic rings. The van der Waals surface area contributed by atoms with E-state index in [0.717, 1.165) is 54.1 Å². The monoisotopic (exact) mass is 282 g/mol. The van der Waals surface area contributed by atoms with E-state index in [9.17, 15) is 0 Å². The van der Waals surface area contributed by atoms with Crippen molar-refractivity contribution in [3.63, 3.8) is 0 Å². The standard InChI is InChI=1S/C17H22N4/c1-10-6-11(2)16(19-9-10)17-20-12(3)14-7-13(8-18)4-5-15(14)21-17/h6,9,13H,4-5,7-8,18H2,1-3H3. The van der Waals surface area contributed by atoms with Gasteiger partial charge in [-0.2, -0.15) is 0 Å². The molecule has 0 aliphatic heterocycles. The number of fused-ring (bicyclic) bond motifs is 1. The van der Waals surface area contributed by atoms with Crippen LogP contribution in [0.1, 0.15) is 34.5 Å². The summed E-state index contributed by atoms with van der Waals surface area (Å²) in [5.41, 5.74) is 12.6. The van der Waals surface area contributed by atoms with Crippen molar-refractivity contribution in [3.8, 4) is 11.5 Å². The van der Waals surface area contributed by atoms with Gasteiger partial charge in [-0.05, 0) is 69.2 Å². The highest BCUT2D eigenvalue weighted by atomic mass is 14.9. The van der Waals surface area contributed by atoms with Crippen LogP contribution in [0.5, 0.6) is 0 Å². The Labute approximate surface area is 125 Å². The molecule has 0 aromatic carbocycles. The lowest BCUT2D eigenvalue weighted by Crippen LogP contribution is -2.24. The van der Waals surface area contributed by atoms with Gasteiger partial charge in [0.25, 0.3) is 0 Å². The summed E-state index contributed by atoms with van der Waals surface area (Å²) in [6.07, 6.45) is 5.02. The van der Waals surface area contributed by atoms with Gasteiger partial charge in [-0.15, -0.1) is 0 Å². The molecule has 2 heterocycles. The largest absolute Gasteiger partial charge is 0.330 e. The Morgan fingerprint density at radius 1 is 1.24 bits per heavy atom. The van der Waals surface area contributed by atoms with Crippen LogP contribution >= 0.6 is 0 Å². The fourth-order valence-electron chi connectivity index (χ4n) is 3.12. The maximum absolute atomic E-state index is 5.81. The molecular weight excluding hydrogens is 260 g/mol. The second-order valence-corrected chi connectivity index (χ2v) is 6.08. The maximum Gasteiger partial charge on any atom is 0.178 e. The molecule has 3 rings (SSSR count). The van der Waals surface area contributed by atoms with Gasteiger partial charge in [-0.1, -0.05) is 6.07 Å². The Bertz CT molecular complexity index is 679. The number of pyridine rings is 1. The van der Waals surface area contributed by atoms with Crippen molar-refractivity contribution in [1.82, 2.24) is 15.0 Å². The molecule has 1 unspecified atom stereocenters. The van der Waals surface area contributed by atoms with Gasteiger partial charge in [0.05, 0.1) is 0 Å². The van der Waals surface area contributed by atoms with E-state index < -0.39 is 0 Å². The zero-order valence-corrected chi connectivity index (χ0v) is 13.0. The van der Waals surface area contributed by atoms with Crippen LogP contribution < -0.4 is 5.73 Å². The third kappa shape index (κ3) is 2.68. The predicted octanol–water partition coefficient (Wildman–Crippen LogP) is 2.53. The van der Waals surface area contributed by atoms with Crippen LogP contribution in [0.4, 0.5) is 0 Å². The maximum atomic E-state index is 5.81. The summed E-state index contributed by atoms with van der Waals surface area (Å²) in [6, 6.07) is 2.13. The van der Waals surface area contributed by atoms with Crippen molar-refractivity contribution in [3.05, 3.63) is 40.3 Å². The highest BCUT2D eigenvalue weighted by Gasteiger charge is 2.22. The quantitative estimate of drug-likeness (QED) is 0.919. The van der Waals surface area contributed by atoms with Crippen LogP contribution in [0.25, 0.3) is 11.5 Å². The van der Waals surface area contributed by atoms with Gasteiger partial charge in [0, 0.05) is 17.6 Å². The first-order chi connectivity index (χ1) is 10.1. The van der Waals surface area contributed by atoms with Crippen molar-refractivity contribution in [2.45, 2.75) is 40.0 Å². The number of aromatic nitrogens is 3. The lowest BCUT2D eigenvalue weighted by molar-refractivity contribution is 0.460. The number of nitrogens with zero attached hydrogens (tertiary/aromatic N) is 3. The first-order valence-electron chi connectivity index (χ1n) is 7.58. The molecule has 21 heavy (non-hydrogen) atoms. The van der Waals surface area contributed by atoms with Gasteiger partial charge in [0.1, 0.15) is 5.69 Å². The van der Waals surface area contributed by atoms with Crippen LogP contribution in [0.2, 0.25) is 0 Å². The van der Waals surface area contributed by atoms with Crippen LogP contribution in [0.3, 0.4) is 0 Å². The van der Waals surface area contributed by atoms with Crippen LogP contribution in [-0.4, -0.2) is 21.5 Å². The predicted molar refractivity (Wildman–Crippen MR) is 84.0 cm³/mol. The summed E-state index contributed by atoms with van der Waals surface area (Å²) < 4.78 is 0. The lowest BCUT2D eigenvalue weighted by Gasteiger charge is -2.24. The lowest BCUT2D eigenvalue weighted by atomic mass is 9.86. The fourth-order valence-corrected chi connectivity index (χ4v) is 3.12. The molecule has 1 aliphatic carbocycles. The summed E-state index contributed by atoms with van der Waals surface area (Å²) >= 11 is 0. The normalized spacial score (nSPS) is 17.6. The zero-order valence-electron chi connectivity index (χ0n) is 13.0. The molecule has 4 nitrogen and oxygen atoms in total. The molecule has 0 saturated carbocycles. The molecule has 4 heteroatoms. The van der Waals surface area contributed by atoms with Crippen LogP contribution in [0, 0.1) is 26.7 Å². The van der Waals surface area contributed by atoms with Gasteiger partial charge in [-0.3, -0.25) is 4.98 Å². The number of nitrogens with two attached hydrogens (primary N) is 1. The van der Waals surface area contributed by atoms with Gasteiger partial charge in [0.2, 0.25) is 0 Å². The molecule has 2 N–H and O–H groups in total. The van der Waals surface area contributed by atoms with Gasteiger partial charge >= 0.3 is 0 Å². The number of aryl methyl sites for hydroxylation is 4. The van der Waals surface area contributed by atoms with E-state index in [1.54, 1.807) is 0 Å². The SMILES string of the molecule is Cc1cnc(-c2nc(C)c3c(n2)CCC(CN)C3)c(C)c1. The van der Waals surface area contributed by atoms with E-state index in [-0.39, 0.29) is 0 Å². The van der Waals surface area contributed by atoms with Gasteiger partial charge in [0.15, 0.2) is 5.82 Å². The van der Waals surface area contributed by atoms with Crippen molar-refractivity contribution >= 4 is 0 Å². The van der Waals surface area contributed by atoms with Crippen molar-refractivity contribution < 1.29 is 0 Å². The summed E-state index contributed by atoms with van der Waals surface area (Å²) in [7, 11) is 0. The van der Waals surface area contributed by atoms with Crippen molar-refractivity contribution in [2.75, 3.05) is 6.54 Å². The molecule has 0 fully saturated rings. The molecule has 0 amide bonds. The minimum atomic E-state index is 0.574. The van der Waals surface area contributed by atoms with E-state index in [1.165, 1.54) is 11.3 Å². The highest BCUT2D eigenvalue weighted by Crippen LogP contribution is 2.28. The van der Waals surface area contributed by atoms with E-state index in [0.29, 0.717) is 5.92 Å². The first-order valence-corrected chi connectivity index (χ1v) is 7.58. The zero-order chi connectivity index (χ0) is 15.0. The summed E-state index contributed by atoms with van der Waals surface area (Å²) in [4.78, 5) is 14.0. The molecule has 0 saturated heterocycles. The highest BCUT2D eigenvalue weighted by molar-refractivity contribution is 5.56. The minimum absolute atomic E-state index is 0.574. The average Bonchev–Trinajstić information content (AvgIpc) is 2.47. The van der Waals surface area contributed by atoms with Crippen LogP contribution in [-0.2, 0) is 12.8 Å². The Morgan fingerprint density at radius 2 is 2.05 bits per heavy atom. The second kappa shape index (κ2) is 5.53. The third-order valence-corrected chi connectivity index (χ3v) is 4.34. The first kappa shape index (κ1) is 14.1. The smallest absolute Gasteiger partial charge is 0.178 e. The van der Waals surface area contributed by atoms with E-state index in [2.05, 4.69) is 31.8 Å². The number of rotatable bonds is 2. The molecule has 0 radical (unpaired) electrons. The topological polar surface area (TPSA) is 64.7 Å². The Hall–Kier alpha value is -1.81. The van der Waals surface area contributed by atoms with Gasteiger partial charge in [-0.25, -0.2) is 9.97 Å². The molecular formula is C17H22N4. The molecule has 2 aromatic heterocycles. The summed E-state index contributed by atoms with van der Waals surface area (Å²) in [5.74, 6) is 1.33. The third-order valence-electron chi connectivity index (χ3n) is 4.34. The van der Waals surface area contributed by atoms with Crippen molar-refractivity contribution in [2.24, 2.45) is 11.7 Å². The summed E-state index contributed by atoms with van der Waals surface area (Å²) in [5, 5.41) is 0. The van der Waals surface area contributed by atoms with E-state index >= 15 is 0 Å². The molecule has 1 atom stereocenters. The van der Waals surface area contributed by atoms with Crippen LogP contribution in [0.15, 0.2) is 12.3 Å². The van der Waals surface area contributed by atoms with Gasteiger partial charge < -0.3 is 5.73 Å².